The van der Waals surface area contributed by atoms with Gasteiger partial charge in [-0.15, -0.1) is 0 Å². The molecule has 2 nitrogen and oxygen atoms in total. The van der Waals surface area contributed by atoms with Gasteiger partial charge in [0.15, 0.2) is 11.6 Å². The number of hydrogen-bond donors (Lipinski definition) is 0. The van der Waals surface area contributed by atoms with E-state index in [0.717, 1.165) is 5.57 Å². The van der Waals surface area contributed by atoms with Crippen molar-refractivity contribution >= 4 is 11.6 Å². The third kappa shape index (κ3) is 4.54. The minimum Gasteiger partial charge on any atom is -0.295 e. The van der Waals surface area contributed by atoms with Gasteiger partial charge in [-0.2, -0.15) is 0 Å². The van der Waals surface area contributed by atoms with Gasteiger partial charge >= 0.3 is 0 Å². The van der Waals surface area contributed by atoms with E-state index in [1.165, 1.54) is 13.8 Å². The summed E-state index contributed by atoms with van der Waals surface area (Å²) in [7, 11) is 0. The van der Waals surface area contributed by atoms with Gasteiger partial charge in [-0.05, 0) is 34.6 Å². The summed E-state index contributed by atoms with van der Waals surface area (Å²) in [5, 5.41) is 0. The van der Waals surface area contributed by atoms with E-state index >= 15 is 0 Å². The Labute approximate surface area is 91.4 Å². The predicted molar refractivity (Wildman–Crippen MR) is 62.6 cm³/mol. The standard InChI is InChI=1S/C13H18O2/c1-6-12(10(4)14)7-8-13(9(2)3)11(5)15/h6-8H,1-5H3/b8-7-,12-6+. The number of hydrogen-bond acceptors (Lipinski definition) is 2. The molecule has 0 aromatic rings. The summed E-state index contributed by atoms with van der Waals surface area (Å²) in [4.78, 5) is 22.3. The molecule has 0 aromatic carbocycles. The van der Waals surface area contributed by atoms with Gasteiger partial charge in [0, 0.05) is 11.1 Å². The van der Waals surface area contributed by atoms with Crippen LogP contribution in [0.2, 0.25) is 0 Å². The normalized spacial score (nSPS) is 11.7. The average Bonchev–Trinajstić information content (AvgIpc) is 2.10. The summed E-state index contributed by atoms with van der Waals surface area (Å²) < 4.78 is 0. The monoisotopic (exact) mass is 206 g/mol. The van der Waals surface area contributed by atoms with Crippen molar-refractivity contribution in [3.8, 4) is 0 Å². The van der Waals surface area contributed by atoms with Crippen LogP contribution in [0.3, 0.4) is 0 Å². The highest BCUT2D eigenvalue weighted by molar-refractivity contribution is 5.99. The summed E-state index contributed by atoms with van der Waals surface area (Å²) in [6.07, 6.45) is 5.13. The average molecular weight is 206 g/mol. The van der Waals surface area contributed by atoms with Crippen LogP contribution in [0, 0.1) is 0 Å². The van der Waals surface area contributed by atoms with Crippen LogP contribution in [0.4, 0.5) is 0 Å². The molecule has 0 spiro atoms. The summed E-state index contributed by atoms with van der Waals surface area (Å²) in [5.74, 6) is 0.0238. The Hall–Kier alpha value is -1.44. The van der Waals surface area contributed by atoms with Crippen LogP contribution in [0.5, 0.6) is 0 Å². The molecular formula is C13H18O2. The maximum Gasteiger partial charge on any atom is 0.159 e. The molecule has 0 fully saturated rings. The SMILES string of the molecule is C/C=C(\C=C/C(C(C)=O)=C(C)C)C(C)=O. The highest BCUT2D eigenvalue weighted by Gasteiger charge is 2.03. The molecule has 15 heavy (non-hydrogen) atoms. The van der Waals surface area contributed by atoms with Crippen molar-refractivity contribution < 1.29 is 9.59 Å². The minimum atomic E-state index is 0.00501. The van der Waals surface area contributed by atoms with Gasteiger partial charge in [0.1, 0.15) is 0 Å². The lowest BCUT2D eigenvalue weighted by Gasteiger charge is -2.00. The van der Waals surface area contributed by atoms with Crippen LogP contribution < -0.4 is 0 Å². The van der Waals surface area contributed by atoms with Crippen LogP contribution in [0.1, 0.15) is 34.6 Å². The van der Waals surface area contributed by atoms with Gasteiger partial charge in [0.05, 0.1) is 0 Å². The van der Waals surface area contributed by atoms with E-state index in [4.69, 9.17) is 0 Å². The minimum absolute atomic E-state index is 0.00501. The van der Waals surface area contributed by atoms with Crippen LogP contribution >= 0.6 is 0 Å². The second-order valence-electron chi connectivity index (χ2n) is 3.60. The summed E-state index contributed by atoms with van der Waals surface area (Å²) in [6.45, 7) is 8.59. The molecule has 0 bridgehead atoms. The van der Waals surface area contributed by atoms with Gasteiger partial charge in [0.2, 0.25) is 0 Å². The number of allylic oxidation sites excluding steroid dienone is 6. The Morgan fingerprint density at radius 1 is 0.867 bits per heavy atom. The van der Waals surface area contributed by atoms with Crippen molar-refractivity contribution in [2.75, 3.05) is 0 Å². The number of carbonyl (C=O) groups is 2. The molecule has 0 saturated heterocycles. The lowest BCUT2D eigenvalue weighted by Crippen LogP contribution is -1.97. The molecule has 0 saturated carbocycles. The molecule has 0 atom stereocenters. The quantitative estimate of drug-likeness (QED) is 0.523. The highest BCUT2D eigenvalue weighted by Crippen LogP contribution is 2.09. The van der Waals surface area contributed by atoms with Gasteiger partial charge in [-0.3, -0.25) is 9.59 Å². The Bertz CT molecular complexity index is 351. The molecule has 0 aliphatic rings. The molecule has 0 radical (unpaired) electrons. The van der Waals surface area contributed by atoms with Crippen molar-refractivity contribution in [1.29, 1.82) is 0 Å². The predicted octanol–water partition coefficient (Wildman–Crippen LogP) is 3.00. The van der Waals surface area contributed by atoms with Crippen molar-refractivity contribution in [3.05, 3.63) is 34.9 Å². The summed E-state index contributed by atoms with van der Waals surface area (Å²) >= 11 is 0. The van der Waals surface area contributed by atoms with Gasteiger partial charge in [-0.25, -0.2) is 0 Å². The van der Waals surface area contributed by atoms with Crippen molar-refractivity contribution in [2.24, 2.45) is 0 Å². The zero-order valence-electron chi connectivity index (χ0n) is 10.0. The first kappa shape index (κ1) is 13.6. The second-order valence-corrected chi connectivity index (χ2v) is 3.60. The van der Waals surface area contributed by atoms with Gasteiger partial charge < -0.3 is 0 Å². The maximum absolute atomic E-state index is 11.2. The molecule has 0 unspecified atom stereocenters. The fraction of sp³-hybridized carbons (Fsp3) is 0.385. The Balaban J connectivity index is 5.01. The van der Waals surface area contributed by atoms with Gasteiger partial charge in [0.25, 0.3) is 0 Å². The van der Waals surface area contributed by atoms with Crippen molar-refractivity contribution in [2.45, 2.75) is 34.6 Å². The molecule has 0 N–H and O–H groups in total. The lowest BCUT2D eigenvalue weighted by atomic mass is 10.0. The Morgan fingerprint density at radius 2 is 1.40 bits per heavy atom. The fourth-order valence-corrected chi connectivity index (χ4v) is 1.23. The number of carbonyl (C=O) groups excluding carboxylic acids is 2. The molecule has 0 aliphatic carbocycles. The highest BCUT2D eigenvalue weighted by atomic mass is 16.1. The van der Waals surface area contributed by atoms with Crippen molar-refractivity contribution in [1.82, 2.24) is 0 Å². The molecule has 82 valence electrons. The molecule has 0 rings (SSSR count). The molecule has 2 heteroatoms. The first-order valence-electron chi connectivity index (χ1n) is 4.93. The Kier molecular flexibility index (Phi) is 5.53. The maximum atomic E-state index is 11.2. The van der Waals surface area contributed by atoms with Crippen LogP contribution in [-0.2, 0) is 9.59 Å². The first-order valence-corrected chi connectivity index (χ1v) is 4.93. The van der Waals surface area contributed by atoms with Crippen molar-refractivity contribution in [3.63, 3.8) is 0 Å². The fourth-order valence-electron chi connectivity index (χ4n) is 1.23. The van der Waals surface area contributed by atoms with E-state index in [2.05, 4.69) is 0 Å². The molecule has 0 heterocycles. The smallest absolute Gasteiger partial charge is 0.159 e. The third-order valence-electron chi connectivity index (χ3n) is 2.07. The van der Waals surface area contributed by atoms with E-state index in [1.54, 1.807) is 25.2 Å². The summed E-state index contributed by atoms with van der Waals surface area (Å²) in [5.41, 5.74) is 2.24. The molecule has 0 aliphatic heterocycles. The van der Waals surface area contributed by atoms with E-state index in [0.29, 0.717) is 11.1 Å². The molecule has 0 aromatic heterocycles. The second kappa shape index (κ2) is 6.12. The number of ketones is 2. The third-order valence-corrected chi connectivity index (χ3v) is 2.07. The van der Waals surface area contributed by atoms with E-state index < -0.39 is 0 Å². The number of rotatable bonds is 4. The Morgan fingerprint density at radius 3 is 1.67 bits per heavy atom. The van der Waals surface area contributed by atoms with Gasteiger partial charge in [-0.1, -0.05) is 23.8 Å². The zero-order valence-corrected chi connectivity index (χ0v) is 10.0. The van der Waals surface area contributed by atoms with Crippen LogP contribution in [-0.4, -0.2) is 11.6 Å². The molecular weight excluding hydrogens is 188 g/mol. The lowest BCUT2D eigenvalue weighted by molar-refractivity contribution is -0.114. The largest absolute Gasteiger partial charge is 0.295 e. The van der Waals surface area contributed by atoms with E-state index in [-0.39, 0.29) is 11.6 Å². The van der Waals surface area contributed by atoms with Crippen LogP contribution in [0.25, 0.3) is 0 Å². The zero-order chi connectivity index (χ0) is 12.0. The van der Waals surface area contributed by atoms with Crippen LogP contribution in [0.15, 0.2) is 34.9 Å². The topological polar surface area (TPSA) is 34.1 Å². The van der Waals surface area contributed by atoms with E-state index in [1.807, 2.05) is 13.8 Å². The first-order chi connectivity index (χ1) is 6.90. The van der Waals surface area contributed by atoms with E-state index in [9.17, 15) is 9.59 Å². The summed E-state index contributed by atoms with van der Waals surface area (Å²) in [6, 6.07) is 0. The molecule has 0 amide bonds. The number of Topliss-reactive ketones (excluding diaryl/α,β-unsaturated/α-hetero) is 2.